The molecule has 112 valence electrons. The van der Waals surface area contributed by atoms with E-state index in [1.165, 1.54) is 0 Å². The highest BCUT2D eigenvalue weighted by atomic mass is 19.4. The number of halogens is 3. The van der Waals surface area contributed by atoms with Crippen LogP contribution in [-0.2, 0) is 6.54 Å². The molecule has 2 rings (SSSR count). The van der Waals surface area contributed by atoms with Gasteiger partial charge in [0, 0.05) is 19.0 Å². The van der Waals surface area contributed by atoms with E-state index in [1.807, 2.05) is 25.1 Å². The van der Waals surface area contributed by atoms with Crippen molar-refractivity contribution in [1.82, 2.24) is 5.32 Å². The van der Waals surface area contributed by atoms with Crippen LogP contribution in [0.4, 0.5) is 13.2 Å². The van der Waals surface area contributed by atoms with Crippen LogP contribution in [0.3, 0.4) is 0 Å². The highest BCUT2D eigenvalue weighted by molar-refractivity contribution is 5.44. The van der Waals surface area contributed by atoms with Crippen molar-refractivity contribution < 1.29 is 22.6 Å². The first-order chi connectivity index (χ1) is 9.44. The van der Waals surface area contributed by atoms with Crippen LogP contribution in [0.25, 0.3) is 0 Å². The number of alkyl halides is 3. The van der Waals surface area contributed by atoms with Gasteiger partial charge in [-0.25, -0.2) is 0 Å². The monoisotopic (exact) mass is 289 g/mol. The number of rotatable bonds is 6. The molecule has 1 aromatic carbocycles. The predicted molar refractivity (Wildman–Crippen MR) is 68.8 cm³/mol. The van der Waals surface area contributed by atoms with E-state index >= 15 is 0 Å². The fraction of sp³-hybridized carbons (Fsp3) is 0.571. The van der Waals surface area contributed by atoms with Crippen molar-refractivity contribution in [3.63, 3.8) is 0 Å². The van der Waals surface area contributed by atoms with Crippen molar-refractivity contribution in [2.75, 3.05) is 6.79 Å². The van der Waals surface area contributed by atoms with Crippen molar-refractivity contribution in [1.29, 1.82) is 0 Å². The van der Waals surface area contributed by atoms with Gasteiger partial charge >= 0.3 is 6.18 Å². The van der Waals surface area contributed by atoms with Crippen LogP contribution in [0.15, 0.2) is 18.2 Å². The van der Waals surface area contributed by atoms with Gasteiger partial charge in [-0.15, -0.1) is 0 Å². The molecule has 0 saturated carbocycles. The van der Waals surface area contributed by atoms with Crippen LogP contribution < -0.4 is 14.8 Å². The average Bonchev–Trinajstić information content (AvgIpc) is 2.82. The van der Waals surface area contributed by atoms with Crippen molar-refractivity contribution in [2.24, 2.45) is 0 Å². The molecule has 0 radical (unpaired) electrons. The van der Waals surface area contributed by atoms with E-state index in [4.69, 9.17) is 9.47 Å². The number of hydrogen-bond donors (Lipinski definition) is 1. The molecule has 6 heteroatoms. The van der Waals surface area contributed by atoms with Gasteiger partial charge in [0.15, 0.2) is 11.5 Å². The molecule has 0 bridgehead atoms. The van der Waals surface area contributed by atoms with E-state index in [-0.39, 0.29) is 19.3 Å². The number of ether oxygens (including phenoxy) is 2. The van der Waals surface area contributed by atoms with Gasteiger partial charge < -0.3 is 14.8 Å². The summed E-state index contributed by atoms with van der Waals surface area (Å²) in [5.74, 6) is 1.45. The van der Waals surface area contributed by atoms with Gasteiger partial charge in [0.05, 0.1) is 0 Å². The topological polar surface area (TPSA) is 30.5 Å². The molecule has 0 saturated heterocycles. The van der Waals surface area contributed by atoms with Crippen LogP contribution >= 0.6 is 0 Å². The van der Waals surface area contributed by atoms with E-state index in [2.05, 4.69) is 5.32 Å². The Morgan fingerprint density at radius 2 is 2.00 bits per heavy atom. The molecular weight excluding hydrogens is 271 g/mol. The Bertz CT molecular complexity index is 449. The maximum absolute atomic E-state index is 12.0. The summed E-state index contributed by atoms with van der Waals surface area (Å²) < 4.78 is 46.6. The van der Waals surface area contributed by atoms with Crippen molar-refractivity contribution in [3.8, 4) is 11.5 Å². The van der Waals surface area contributed by atoms with Crippen molar-refractivity contribution >= 4 is 0 Å². The quantitative estimate of drug-likeness (QED) is 0.867. The molecule has 1 N–H and O–H groups in total. The van der Waals surface area contributed by atoms with Gasteiger partial charge in [-0.2, -0.15) is 13.2 Å². The van der Waals surface area contributed by atoms with E-state index in [9.17, 15) is 13.2 Å². The summed E-state index contributed by atoms with van der Waals surface area (Å²) in [5, 5.41) is 3.21. The number of hydrogen-bond acceptors (Lipinski definition) is 3. The molecule has 0 spiro atoms. The molecule has 0 aliphatic carbocycles. The minimum Gasteiger partial charge on any atom is -0.454 e. The van der Waals surface area contributed by atoms with Crippen molar-refractivity contribution in [2.45, 2.75) is 44.9 Å². The summed E-state index contributed by atoms with van der Waals surface area (Å²) in [7, 11) is 0. The fourth-order valence-electron chi connectivity index (χ4n) is 2.05. The van der Waals surface area contributed by atoms with Gasteiger partial charge in [-0.1, -0.05) is 6.07 Å². The van der Waals surface area contributed by atoms with Crippen LogP contribution in [0.5, 0.6) is 11.5 Å². The Balaban J connectivity index is 1.72. The third-order valence-corrected chi connectivity index (χ3v) is 3.19. The van der Waals surface area contributed by atoms with E-state index in [0.717, 1.165) is 11.3 Å². The highest BCUT2D eigenvalue weighted by Crippen LogP contribution is 2.32. The second kappa shape index (κ2) is 6.35. The SMILES string of the molecule is CC(CCCC(F)(F)F)NCc1ccc2c(c1)OCO2. The molecule has 0 amide bonds. The van der Waals surface area contributed by atoms with Gasteiger partial charge in [0.1, 0.15) is 0 Å². The number of benzene rings is 1. The summed E-state index contributed by atoms with van der Waals surface area (Å²) in [6, 6.07) is 5.69. The predicted octanol–water partition coefficient (Wildman–Crippen LogP) is 3.63. The average molecular weight is 289 g/mol. The molecule has 0 fully saturated rings. The molecule has 1 aliphatic heterocycles. The zero-order valence-electron chi connectivity index (χ0n) is 11.3. The van der Waals surface area contributed by atoms with E-state index < -0.39 is 12.6 Å². The molecule has 1 heterocycles. The molecular formula is C14H18F3NO2. The zero-order valence-corrected chi connectivity index (χ0v) is 11.3. The lowest BCUT2D eigenvalue weighted by Gasteiger charge is -2.14. The summed E-state index contributed by atoms with van der Waals surface area (Å²) >= 11 is 0. The van der Waals surface area contributed by atoms with Crippen LogP contribution in [0.2, 0.25) is 0 Å². The molecule has 1 atom stereocenters. The van der Waals surface area contributed by atoms with Gasteiger partial charge in [-0.05, 0) is 37.5 Å². The van der Waals surface area contributed by atoms with Crippen LogP contribution in [0.1, 0.15) is 31.7 Å². The Morgan fingerprint density at radius 1 is 1.25 bits per heavy atom. The molecule has 20 heavy (non-hydrogen) atoms. The normalized spacial score (nSPS) is 15.4. The lowest BCUT2D eigenvalue weighted by molar-refractivity contribution is -0.135. The third kappa shape index (κ3) is 4.59. The Morgan fingerprint density at radius 3 is 2.75 bits per heavy atom. The largest absolute Gasteiger partial charge is 0.454 e. The lowest BCUT2D eigenvalue weighted by atomic mass is 10.1. The first-order valence-electron chi connectivity index (χ1n) is 6.63. The standard InChI is InChI=1S/C14H18F3NO2/c1-10(3-2-6-14(15,16)17)18-8-11-4-5-12-13(7-11)20-9-19-12/h4-5,7,10,18H,2-3,6,8-9H2,1H3. The fourth-order valence-corrected chi connectivity index (χ4v) is 2.05. The summed E-state index contributed by atoms with van der Waals surface area (Å²) in [4.78, 5) is 0. The third-order valence-electron chi connectivity index (χ3n) is 3.19. The molecule has 1 aliphatic rings. The lowest BCUT2D eigenvalue weighted by Crippen LogP contribution is -2.25. The molecule has 1 aromatic rings. The first-order valence-corrected chi connectivity index (χ1v) is 6.63. The Labute approximate surface area is 116 Å². The van der Waals surface area contributed by atoms with Gasteiger partial charge in [0.25, 0.3) is 0 Å². The Kier molecular flexibility index (Phi) is 4.75. The summed E-state index contributed by atoms with van der Waals surface area (Å²) in [5.41, 5.74) is 1.02. The number of nitrogens with one attached hydrogen (secondary N) is 1. The maximum Gasteiger partial charge on any atom is 0.389 e. The first kappa shape index (κ1) is 15.0. The molecule has 0 aromatic heterocycles. The van der Waals surface area contributed by atoms with E-state index in [1.54, 1.807) is 0 Å². The smallest absolute Gasteiger partial charge is 0.389 e. The van der Waals surface area contributed by atoms with Gasteiger partial charge in [-0.3, -0.25) is 0 Å². The summed E-state index contributed by atoms with van der Waals surface area (Å²) in [6.45, 7) is 2.73. The minimum atomic E-state index is -4.06. The maximum atomic E-state index is 12.0. The zero-order chi connectivity index (χ0) is 14.6. The second-order valence-electron chi connectivity index (χ2n) is 4.98. The van der Waals surface area contributed by atoms with Crippen molar-refractivity contribution in [3.05, 3.63) is 23.8 Å². The Hall–Kier alpha value is -1.43. The minimum absolute atomic E-state index is 0.0442. The highest BCUT2D eigenvalue weighted by Gasteiger charge is 2.26. The van der Waals surface area contributed by atoms with Crippen LogP contribution in [0, 0.1) is 0 Å². The van der Waals surface area contributed by atoms with Gasteiger partial charge in [0.2, 0.25) is 6.79 Å². The van der Waals surface area contributed by atoms with E-state index in [0.29, 0.717) is 18.7 Å². The van der Waals surface area contributed by atoms with Crippen LogP contribution in [-0.4, -0.2) is 19.0 Å². The molecule has 3 nitrogen and oxygen atoms in total. The number of fused-ring (bicyclic) bond motifs is 1. The summed E-state index contributed by atoms with van der Waals surface area (Å²) in [6.07, 6.45) is -4.12. The second-order valence-corrected chi connectivity index (χ2v) is 4.98. The molecule has 1 unspecified atom stereocenters.